The van der Waals surface area contributed by atoms with Gasteiger partial charge in [0.05, 0.1) is 0 Å². The van der Waals surface area contributed by atoms with Crippen LogP contribution in [-0.4, -0.2) is 18.2 Å². The number of hydrogen-bond donors (Lipinski definition) is 0. The first-order chi connectivity index (χ1) is 15.9. The molecule has 1 unspecified atom stereocenters. The van der Waals surface area contributed by atoms with E-state index in [-0.39, 0.29) is 5.41 Å². The molecule has 4 aliphatic carbocycles. The Kier molecular flexibility index (Phi) is 7.26. The molecule has 4 aliphatic rings. The van der Waals surface area contributed by atoms with Gasteiger partial charge in [0, 0.05) is 0 Å². The maximum atomic E-state index is 12.7. The van der Waals surface area contributed by atoms with Crippen molar-refractivity contribution in [2.75, 3.05) is 0 Å². The van der Waals surface area contributed by atoms with Gasteiger partial charge in [0.25, 0.3) is 0 Å². The summed E-state index contributed by atoms with van der Waals surface area (Å²) in [6.45, 7) is 12.1. The zero-order valence-electron chi connectivity index (χ0n) is 21.8. The Hall–Kier alpha value is -1.00. The lowest BCUT2D eigenvalue weighted by molar-refractivity contribution is -0.208. The second-order valence-electron chi connectivity index (χ2n) is 13.1. The fraction of sp³-hybridized carbons (Fsp3) is 0.897. The number of alkyl halides is 3. The quantitative estimate of drug-likeness (QED) is 0.280. The number of halogens is 3. The monoisotopic (exact) mass is 482 g/mol. The van der Waals surface area contributed by atoms with Gasteiger partial charge in [-0.15, -0.1) is 0 Å². The molecule has 0 saturated heterocycles. The van der Waals surface area contributed by atoms with Gasteiger partial charge in [-0.2, -0.15) is 13.2 Å². The van der Waals surface area contributed by atoms with Crippen molar-refractivity contribution in [1.82, 2.24) is 0 Å². The van der Waals surface area contributed by atoms with Crippen LogP contribution in [0.2, 0.25) is 0 Å². The molecule has 3 fully saturated rings. The highest BCUT2D eigenvalue weighted by molar-refractivity contribution is 5.75. The second kappa shape index (κ2) is 9.47. The highest BCUT2D eigenvalue weighted by Gasteiger charge is 2.58. The molecule has 2 nitrogen and oxygen atoms in total. The number of carbonyl (C=O) groups excluding carboxylic acids is 1. The van der Waals surface area contributed by atoms with Gasteiger partial charge in [0.1, 0.15) is 6.10 Å². The van der Waals surface area contributed by atoms with E-state index in [1.165, 1.54) is 44.9 Å². The van der Waals surface area contributed by atoms with Gasteiger partial charge < -0.3 is 4.74 Å². The molecular weight excluding hydrogens is 437 g/mol. The topological polar surface area (TPSA) is 26.3 Å². The summed E-state index contributed by atoms with van der Waals surface area (Å²) in [5.41, 5.74) is 2.19. The molecule has 0 radical (unpaired) electrons. The van der Waals surface area contributed by atoms with Crippen LogP contribution in [0, 0.1) is 46.3 Å². The molecule has 0 aliphatic heterocycles. The van der Waals surface area contributed by atoms with Gasteiger partial charge in [-0.05, 0) is 97.7 Å². The van der Waals surface area contributed by atoms with E-state index < -0.39 is 18.2 Å². The Morgan fingerprint density at radius 2 is 1.71 bits per heavy atom. The SMILES string of the molecule is CC(C)CCC[C@@H](C)[C@H]1CC[C@H]2C3=CCC4C[C@@H](OC(=O)C(F)(F)F)CC[C@]4(C)[C@H]3CC[C@]12C. The molecule has 0 spiro atoms. The minimum atomic E-state index is -4.90. The van der Waals surface area contributed by atoms with Crippen LogP contribution in [0.25, 0.3) is 0 Å². The minimum Gasteiger partial charge on any atom is -0.456 e. The third-order valence-corrected chi connectivity index (χ3v) is 10.7. The highest BCUT2D eigenvalue weighted by atomic mass is 19.4. The van der Waals surface area contributed by atoms with Crippen molar-refractivity contribution in [3.63, 3.8) is 0 Å². The normalized spacial score (nSPS) is 40.7. The van der Waals surface area contributed by atoms with Crippen LogP contribution >= 0.6 is 0 Å². The largest absolute Gasteiger partial charge is 0.490 e. The smallest absolute Gasteiger partial charge is 0.456 e. The van der Waals surface area contributed by atoms with E-state index in [4.69, 9.17) is 4.74 Å². The van der Waals surface area contributed by atoms with Crippen LogP contribution in [0.5, 0.6) is 0 Å². The number of hydrogen-bond acceptors (Lipinski definition) is 2. The standard InChI is InChI=1S/C29H45F3O2/c1-18(2)7-6-8-19(3)23-11-12-24-22-10-9-20-17-21(34-26(33)29(30,31)32)13-15-27(20,4)25(22)14-16-28(23,24)5/h10,18-21,23-25H,6-9,11-17H2,1-5H3/t19-,20?,21+,23-,24+,25+,27+,28-/m1/s1. The molecule has 0 aromatic rings. The Balaban J connectivity index is 1.45. The third kappa shape index (κ3) is 4.71. The number of ether oxygens (including phenoxy) is 1. The molecule has 4 rings (SSSR count). The van der Waals surface area contributed by atoms with Crippen molar-refractivity contribution >= 4 is 5.97 Å². The maximum absolute atomic E-state index is 12.7. The molecule has 0 bridgehead atoms. The first-order valence-electron chi connectivity index (χ1n) is 13.8. The van der Waals surface area contributed by atoms with Crippen molar-refractivity contribution in [2.24, 2.45) is 46.3 Å². The predicted molar refractivity (Wildman–Crippen MR) is 129 cm³/mol. The molecule has 34 heavy (non-hydrogen) atoms. The van der Waals surface area contributed by atoms with Gasteiger partial charge in [0.2, 0.25) is 0 Å². The number of fused-ring (bicyclic) bond motifs is 5. The third-order valence-electron chi connectivity index (χ3n) is 10.7. The number of esters is 1. The zero-order chi connectivity index (χ0) is 24.9. The van der Waals surface area contributed by atoms with Gasteiger partial charge >= 0.3 is 12.1 Å². The fourth-order valence-electron chi connectivity index (χ4n) is 8.82. The van der Waals surface area contributed by atoms with Crippen LogP contribution in [0.4, 0.5) is 13.2 Å². The van der Waals surface area contributed by atoms with Crippen molar-refractivity contribution in [3.05, 3.63) is 11.6 Å². The fourth-order valence-corrected chi connectivity index (χ4v) is 8.82. The maximum Gasteiger partial charge on any atom is 0.490 e. The lowest BCUT2D eigenvalue weighted by Crippen LogP contribution is -2.50. The summed E-state index contributed by atoms with van der Waals surface area (Å²) >= 11 is 0. The molecular formula is C29H45F3O2. The molecule has 0 aromatic heterocycles. The summed E-state index contributed by atoms with van der Waals surface area (Å²) in [7, 11) is 0. The van der Waals surface area contributed by atoms with Crippen LogP contribution in [0.1, 0.15) is 105 Å². The van der Waals surface area contributed by atoms with E-state index in [1.807, 2.05) is 0 Å². The van der Waals surface area contributed by atoms with Crippen LogP contribution in [0.15, 0.2) is 11.6 Å². The van der Waals surface area contributed by atoms with Crippen molar-refractivity contribution < 1.29 is 22.7 Å². The summed E-state index contributed by atoms with van der Waals surface area (Å²) in [5, 5.41) is 0. The van der Waals surface area contributed by atoms with Gasteiger partial charge in [-0.3, -0.25) is 0 Å². The van der Waals surface area contributed by atoms with Crippen molar-refractivity contribution in [1.29, 1.82) is 0 Å². The molecule has 194 valence electrons. The van der Waals surface area contributed by atoms with Crippen molar-refractivity contribution in [2.45, 2.75) is 118 Å². The molecule has 0 heterocycles. The van der Waals surface area contributed by atoms with E-state index in [1.54, 1.807) is 5.57 Å². The summed E-state index contributed by atoms with van der Waals surface area (Å²) in [4.78, 5) is 11.4. The van der Waals surface area contributed by atoms with E-state index >= 15 is 0 Å². The van der Waals surface area contributed by atoms with Crippen molar-refractivity contribution in [3.8, 4) is 0 Å². The van der Waals surface area contributed by atoms with E-state index in [2.05, 4.69) is 40.7 Å². The summed E-state index contributed by atoms with van der Waals surface area (Å²) in [6, 6.07) is 0. The Morgan fingerprint density at radius 1 is 1.03 bits per heavy atom. The average molecular weight is 483 g/mol. The lowest BCUT2D eigenvalue weighted by Gasteiger charge is -2.58. The first-order valence-corrected chi connectivity index (χ1v) is 13.8. The highest BCUT2D eigenvalue weighted by Crippen LogP contribution is 2.67. The van der Waals surface area contributed by atoms with E-state index in [0.29, 0.717) is 36.0 Å². The van der Waals surface area contributed by atoms with Gasteiger partial charge in [0.15, 0.2) is 0 Å². The molecule has 8 atom stereocenters. The number of allylic oxidation sites excluding steroid dienone is 2. The molecule has 0 amide bonds. The van der Waals surface area contributed by atoms with Crippen LogP contribution in [-0.2, 0) is 9.53 Å². The van der Waals surface area contributed by atoms with Crippen LogP contribution < -0.4 is 0 Å². The molecule has 0 N–H and O–H groups in total. The molecule has 0 aromatic carbocycles. The predicted octanol–water partition coefficient (Wildman–Crippen LogP) is 8.50. The number of rotatable bonds is 6. The Labute approximate surface area is 204 Å². The van der Waals surface area contributed by atoms with E-state index in [0.717, 1.165) is 30.6 Å². The summed E-state index contributed by atoms with van der Waals surface area (Å²) in [5.74, 6) is 1.84. The number of carbonyl (C=O) groups is 1. The summed E-state index contributed by atoms with van der Waals surface area (Å²) in [6.07, 6.45) is 8.96. The van der Waals surface area contributed by atoms with Crippen LogP contribution in [0.3, 0.4) is 0 Å². The van der Waals surface area contributed by atoms with Gasteiger partial charge in [-0.25, -0.2) is 4.79 Å². The Bertz CT molecular complexity index is 787. The zero-order valence-corrected chi connectivity index (χ0v) is 21.8. The first kappa shape index (κ1) is 26.1. The average Bonchev–Trinajstić information content (AvgIpc) is 3.10. The second-order valence-corrected chi connectivity index (χ2v) is 13.1. The van der Waals surface area contributed by atoms with Gasteiger partial charge in [-0.1, -0.05) is 65.5 Å². The van der Waals surface area contributed by atoms with E-state index in [9.17, 15) is 18.0 Å². The molecule has 5 heteroatoms. The Morgan fingerprint density at radius 3 is 2.38 bits per heavy atom. The summed E-state index contributed by atoms with van der Waals surface area (Å²) < 4.78 is 43.0. The minimum absolute atomic E-state index is 0.119. The lowest BCUT2D eigenvalue weighted by atomic mass is 9.47. The molecule has 3 saturated carbocycles.